The van der Waals surface area contributed by atoms with Crippen molar-refractivity contribution in [1.82, 2.24) is 9.97 Å². The largest absolute Gasteiger partial charge is 0.363 e. The van der Waals surface area contributed by atoms with Gasteiger partial charge in [0.2, 0.25) is 0 Å². The van der Waals surface area contributed by atoms with Gasteiger partial charge in [-0.3, -0.25) is 4.79 Å². The van der Waals surface area contributed by atoms with Gasteiger partial charge in [-0.2, -0.15) is 0 Å². The molecule has 98 valence electrons. The van der Waals surface area contributed by atoms with Gasteiger partial charge in [-0.1, -0.05) is 18.2 Å². The Balaban J connectivity index is 2.27. The van der Waals surface area contributed by atoms with Crippen LogP contribution in [0.5, 0.6) is 0 Å². The quantitative estimate of drug-likeness (QED) is 0.840. The maximum Gasteiger partial charge on any atom is 0.276 e. The van der Waals surface area contributed by atoms with E-state index in [-0.39, 0.29) is 5.91 Å². The molecule has 0 saturated carbocycles. The fraction of sp³-hybridized carbons (Fsp3) is 0.214. The zero-order chi connectivity index (χ0) is 13.8. The number of aromatic nitrogens is 2. The van der Waals surface area contributed by atoms with Crippen LogP contribution in [0.3, 0.4) is 0 Å². The Morgan fingerprint density at radius 1 is 1.05 bits per heavy atom. The minimum atomic E-state index is -0.156. The average Bonchev–Trinajstić information content (AvgIpc) is 2.46. The van der Waals surface area contributed by atoms with E-state index < -0.39 is 0 Å². The maximum atomic E-state index is 12.3. The first kappa shape index (κ1) is 13.0. The summed E-state index contributed by atoms with van der Waals surface area (Å²) < 4.78 is 0. The molecule has 2 rings (SSSR count). The molecule has 0 aliphatic carbocycles. The van der Waals surface area contributed by atoms with Gasteiger partial charge in [0, 0.05) is 32.9 Å². The zero-order valence-electron chi connectivity index (χ0n) is 11.2. The van der Waals surface area contributed by atoms with E-state index in [4.69, 9.17) is 0 Å². The highest BCUT2D eigenvalue weighted by molar-refractivity contribution is 6.04. The fourth-order valence-electron chi connectivity index (χ4n) is 1.65. The number of benzene rings is 1. The van der Waals surface area contributed by atoms with Gasteiger partial charge in [0.25, 0.3) is 5.91 Å². The van der Waals surface area contributed by atoms with Crippen molar-refractivity contribution in [3.8, 4) is 0 Å². The van der Waals surface area contributed by atoms with Crippen molar-refractivity contribution in [1.29, 1.82) is 0 Å². The molecule has 1 aromatic heterocycles. The molecule has 0 aliphatic heterocycles. The first-order valence-corrected chi connectivity index (χ1v) is 5.92. The first-order valence-electron chi connectivity index (χ1n) is 5.92. The van der Waals surface area contributed by atoms with E-state index in [9.17, 15) is 4.79 Å². The first-order chi connectivity index (χ1) is 9.09. The molecule has 0 radical (unpaired) electrons. The lowest BCUT2D eigenvalue weighted by Gasteiger charge is -2.17. The summed E-state index contributed by atoms with van der Waals surface area (Å²) in [6.07, 6.45) is 1.40. The molecule has 0 aliphatic rings. The fourth-order valence-corrected chi connectivity index (χ4v) is 1.65. The Kier molecular flexibility index (Phi) is 3.75. The van der Waals surface area contributed by atoms with Crippen LogP contribution in [0.2, 0.25) is 0 Å². The second-order valence-corrected chi connectivity index (χ2v) is 4.36. The van der Waals surface area contributed by atoms with E-state index in [2.05, 4.69) is 9.97 Å². The summed E-state index contributed by atoms with van der Waals surface area (Å²) in [5.41, 5.74) is 1.21. The number of nitrogens with zero attached hydrogens (tertiary/aromatic N) is 4. The van der Waals surface area contributed by atoms with Crippen LogP contribution < -0.4 is 9.80 Å². The Labute approximate surface area is 112 Å². The van der Waals surface area contributed by atoms with Crippen LogP contribution in [0.25, 0.3) is 0 Å². The van der Waals surface area contributed by atoms with Gasteiger partial charge >= 0.3 is 0 Å². The number of anilines is 2. The SMILES string of the molecule is CN(C)c1cc(C(=O)N(C)c2ccccc2)ncn1. The molecule has 0 saturated heterocycles. The molecule has 0 bridgehead atoms. The number of hydrogen-bond donors (Lipinski definition) is 0. The molecule has 0 fully saturated rings. The van der Waals surface area contributed by atoms with Crippen molar-refractivity contribution in [3.05, 3.63) is 48.4 Å². The summed E-state index contributed by atoms with van der Waals surface area (Å²) >= 11 is 0. The van der Waals surface area contributed by atoms with Crippen molar-refractivity contribution >= 4 is 17.4 Å². The highest BCUT2D eigenvalue weighted by Crippen LogP contribution is 2.15. The van der Waals surface area contributed by atoms with Gasteiger partial charge in [0.05, 0.1) is 0 Å². The third-order valence-electron chi connectivity index (χ3n) is 2.78. The summed E-state index contributed by atoms with van der Waals surface area (Å²) in [5, 5.41) is 0. The topological polar surface area (TPSA) is 49.3 Å². The Bertz CT molecular complexity index is 569. The summed E-state index contributed by atoms with van der Waals surface area (Å²) in [5.74, 6) is 0.552. The van der Waals surface area contributed by atoms with Crippen LogP contribution >= 0.6 is 0 Å². The number of para-hydroxylation sites is 1. The highest BCUT2D eigenvalue weighted by atomic mass is 16.2. The lowest BCUT2D eigenvalue weighted by molar-refractivity contribution is 0.0988. The van der Waals surface area contributed by atoms with Crippen molar-refractivity contribution in [2.45, 2.75) is 0 Å². The Morgan fingerprint density at radius 3 is 2.37 bits per heavy atom. The van der Waals surface area contributed by atoms with E-state index in [0.717, 1.165) is 5.69 Å². The predicted molar refractivity (Wildman–Crippen MR) is 75.5 cm³/mol. The second kappa shape index (κ2) is 5.48. The van der Waals surface area contributed by atoms with Crippen LogP contribution in [0, 0.1) is 0 Å². The van der Waals surface area contributed by atoms with Crippen LogP contribution in [0.15, 0.2) is 42.7 Å². The van der Waals surface area contributed by atoms with Crippen molar-refractivity contribution in [2.75, 3.05) is 30.9 Å². The molecule has 1 heterocycles. The minimum absolute atomic E-state index is 0.156. The number of rotatable bonds is 3. The molecule has 2 aromatic rings. The van der Waals surface area contributed by atoms with Gasteiger partial charge in [-0.15, -0.1) is 0 Å². The van der Waals surface area contributed by atoms with Crippen molar-refractivity contribution in [3.63, 3.8) is 0 Å². The molecule has 0 N–H and O–H groups in total. The number of carbonyl (C=O) groups excluding carboxylic acids is 1. The third-order valence-corrected chi connectivity index (χ3v) is 2.78. The Morgan fingerprint density at radius 2 is 1.74 bits per heavy atom. The molecule has 5 heteroatoms. The summed E-state index contributed by atoms with van der Waals surface area (Å²) in [7, 11) is 5.48. The molecule has 19 heavy (non-hydrogen) atoms. The third kappa shape index (κ3) is 2.88. The molecule has 0 spiro atoms. The van der Waals surface area contributed by atoms with Gasteiger partial charge in [-0.05, 0) is 12.1 Å². The van der Waals surface area contributed by atoms with Gasteiger partial charge in [0.1, 0.15) is 17.8 Å². The standard InChI is InChI=1S/C14H16N4O/c1-17(2)13-9-12(15-10-16-13)14(19)18(3)11-7-5-4-6-8-11/h4-10H,1-3H3. The van der Waals surface area contributed by atoms with E-state index >= 15 is 0 Å². The second-order valence-electron chi connectivity index (χ2n) is 4.36. The predicted octanol–water partition coefficient (Wildman–Crippen LogP) is 1.82. The van der Waals surface area contributed by atoms with Crippen LogP contribution in [-0.2, 0) is 0 Å². The van der Waals surface area contributed by atoms with Crippen LogP contribution in [0.4, 0.5) is 11.5 Å². The molecule has 1 amide bonds. The van der Waals surface area contributed by atoms with Crippen molar-refractivity contribution in [2.24, 2.45) is 0 Å². The van der Waals surface area contributed by atoms with E-state index in [1.807, 2.05) is 49.3 Å². The van der Waals surface area contributed by atoms with Gasteiger partial charge in [0.15, 0.2) is 0 Å². The maximum absolute atomic E-state index is 12.3. The molecular formula is C14H16N4O. The number of amides is 1. The molecule has 1 aromatic carbocycles. The Hall–Kier alpha value is -2.43. The summed E-state index contributed by atoms with van der Waals surface area (Å²) in [6, 6.07) is 11.1. The van der Waals surface area contributed by atoms with Gasteiger partial charge in [-0.25, -0.2) is 9.97 Å². The number of hydrogen-bond acceptors (Lipinski definition) is 4. The molecule has 5 nitrogen and oxygen atoms in total. The normalized spacial score (nSPS) is 10.1. The smallest absolute Gasteiger partial charge is 0.276 e. The summed E-state index contributed by atoms with van der Waals surface area (Å²) in [4.78, 5) is 23.9. The van der Waals surface area contributed by atoms with E-state index in [0.29, 0.717) is 11.5 Å². The van der Waals surface area contributed by atoms with Crippen LogP contribution in [-0.4, -0.2) is 37.0 Å². The van der Waals surface area contributed by atoms with E-state index in [1.165, 1.54) is 6.33 Å². The lowest BCUT2D eigenvalue weighted by Crippen LogP contribution is -2.27. The lowest BCUT2D eigenvalue weighted by atomic mass is 10.2. The molecule has 0 unspecified atom stereocenters. The summed E-state index contributed by atoms with van der Waals surface area (Å²) in [6.45, 7) is 0. The zero-order valence-corrected chi connectivity index (χ0v) is 11.2. The van der Waals surface area contributed by atoms with Crippen LogP contribution in [0.1, 0.15) is 10.5 Å². The minimum Gasteiger partial charge on any atom is -0.363 e. The van der Waals surface area contributed by atoms with Crippen molar-refractivity contribution < 1.29 is 4.79 Å². The number of carbonyl (C=O) groups is 1. The molecule has 0 atom stereocenters. The molecular weight excluding hydrogens is 240 g/mol. The van der Waals surface area contributed by atoms with Gasteiger partial charge < -0.3 is 9.80 Å². The van der Waals surface area contributed by atoms with E-state index in [1.54, 1.807) is 18.0 Å². The highest BCUT2D eigenvalue weighted by Gasteiger charge is 2.15. The monoisotopic (exact) mass is 256 g/mol. The average molecular weight is 256 g/mol.